The highest BCUT2D eigenvalue weighted by Crippen LogP contribution is 2.30. The first kappa shape index (κ1) is 15.3. The molecule has 1 aliphatic heterocycles. The third-order valence-electron chi connectivity index (χ3n) is 3.57. The molecule has 112 valence electrons. The molecule has 0 radical (unpaired) electrons. The lowest BCUT2D eigenvalue weighted by Gasteiger charge is -2.33. The lowest BCUT2D eigenvalue weighted by Crippen LogP contribution is -2.45. The molecular formula is C13H18F2N2O2S. The molecule has 1 unspecified atom stereocenters. The van der Waals surface area contributed by atoms with Crippen molar-refractivity contribution in [3.05, 3.63) is 35.4 Å². The molecule has 4 nitrogen and oxygen atoms in total. The molecular weight excluding hydrogens is 286 g/mol. The second kappa shape index (κ2) is 5.75. The standard InChI is InChI=1S/C13H18F2N2O2S/c1-16(2)20(18,19)17-7-3-4-10(9-17)12-8-11(14)5-6-13(12)15/h5-6,8,10H,3-4,7,9H2,1-2H3. The molecule has 0 aromatic heterocycles. The molecule has 0 saturated carbocycles. The number of hydrogen-bond donors (Lipinski definition) is 0. The van der Waals surface area contributed by atoms with E-state index in [1.54, 1.807) is 0 Å². The van der Waals surface area contributed by atoms with Gasteiger partial charge in [0.15, 0.2) is 0 Å². The molecule has 1 atom stereocenters. The Bertz CT molecular complexity index is 590. The number of benzene rings is 1. The van der Waals surface area contributed by atoms with Crippen LogP contribution in [0.1, 0.15) is 24.3 Å². The topological polar surface area (TPSA) is 40.6 Å². The van der Waals surface area contributed by atoms with Crippen LogP contribution >= 0.6 is 0 Å². The number of halogens is 2. The Morgan fingerprint density at radius 3 is 2.65 bits per heavy atom. The molecule has 7 heteroatoms. The van der Waals surface area contributed by atoms with E-state index in [1.165, 1.54) is 18.4 Å². The van der Waals surface area contributed by atoms with Crippen molar-refractivity contribution in [2.45, 2.75) is 18.8 Å². The minimum atomic E-state index is -3.51. The summed E-state index contributed by atoms with van der Waals surface area (Å²) in [6, 6.07) is 3.31. The van der Waals surface area contributed by atoms with Crippen LogP contribution in [0.4, 0.5) is 8.78 Å². The predicted molar refractivity (Wildman–Crippen MR) is 72.5 cm³/mol. The maximum Gasteiger partial charge on any atom is 0.281 e. The molecule has 0 spiro atoms. The van der Waals surface area contributed by atoms with Crippen LogP contribution in [0.25, 0.3) is 0 Å². The van der Waals surface area contributed by atoms with Crippen LogP contribution in [-0.4, -0.2) is 44.2 Å². The Labute approximate surface area is 118 Å². The molecule has 0 aliphatic carbocycles. The van der Waals surface area contributed by atoms with E-state index < -0.39 is 21.8 Å². The third-order valence-corrected chi connectivity index (χ3v) is 5.48. The van der Waals surface area contributed by atoms with Crippen molar-refractivity contribution in [1.82, 2.24) is 8.61 Å². The van der Waals surface area contributed by atoms with Crippen LogP contribution in [0, 0.1) is 11.6 Å². The summed E-state index contributed by atoms with van der Waals surface area (Å²) >= 11 is 0. The minimum Gasteiger partial charge on any atom is -0.207 e. The molecule has 1 aliphatic rings. The van der Waals surface area contributed by atoms with Crippen molar-refractivity contribution in [3.8, 4) is 0 Å². The largest absolute Gasteiger partial charge is 0.281 e. The van der Waals surface area contributed by atoms with Crippen LogP contribution in [0.15, 0.2) is 18.2 Å². The summed E-state index contributed by atoms with van der Waals surface area (Å²) in [5.41, 5.74) is 0.253. The first-order valence-corrected chi connectivity index (χ1v) is 7.84. The summed E-state index contributed by atoms with van der Waals surface area (Å²) in [6.45, 7) is 0.592. The van der Waals surface area contributed by atoms with Gasteiger partial charge in [0.25, 0.3) is 10.2 Å². The lowest BCUT2D eigenvalue weighted by molar-refractivity contribution is 0.295. The van der Waals surface area contributed by atoms with Crippen molar-refractivity contribution in [1.29, 1.82) is 0 Å². The van der Waals surface area contributed by atoms with Crippen LogP contribution in [0.5, 0.6) is 0 Å². The third kappa shape index (κ3) is 2.99. The van der Waals surface area contributed by atoms with Crippen molar-refractivity contribution in [2.24, 2.45) is 0 Å². The smallest absolute Gasteiger partial charge is 0.207 e. The maximum absolute atomic E-state index is 13.8. The van der Waals surface area contributed by atoms with Gasteiger partial charge in [0, 0.05) is 33.1 Å². The van der Waals surface area contributed by atoms with Gasteiger partial charge < -0.3 is 0 Å². The highest BCUT2D eigenvalue weighted by Gasteiger charge is 2.32. The summed E-state index contributed by atoms with van der Waals surface area (Å²) in [5, 5.41) is 0. The van der Waals surface area contributed by atoms with Gasteiger partial charge in [0.05, 0.1) is 0 Å². The molecule has 20 heavy (non-hydrogen) atoms. The van der Waals surface area contributed by atoms with Crippen molar-refractivity contribution >= 4 is 10.2 Å². The highest BCUT2D eigenvalue weighted by molar-refractivity contribution is 7.86. The van der Waals surface area contributed by atoms with E-state index in [4.69, 9.17) is 0 Å². The van der Waals surface area contributed by atoms with Gasteiger partial charge in [-0.15, -0.1) is 0 Å². The zero-order valence-corrected chi connectivity index (χ0v) is 12.3. The molecule has 2 rings (SSSR count). The fourth-order valence-electron chi connectivity index (χ4n) is 2.46. The van der Waals surface area contributed by atoms with E-state index in [-0.39, 0.29) is 18.0 Å². The van der Waals surface area contributed by atoms with Crippen LogP contribution in [-0.2, 0) is 10.2 Å². The van der Waals surface area contributed by atoms with Gasteiger partial charge in [-0.25, -0.2) is 8.78 Å². The molecule has 0 N–H and O–H groups in total. The average molecular weight is 304 g/mol. The number of nitrogens with zero attached hydrogens (tertiary/aromatic N) is 2. The van der Waals surface area contributed by atoms with E-state index >= 15 is 0 Å². The van der Waals surface area contributed by atoms with Crippen molar-refractivity contribution in [2.75, 3.05) is 27.2 Å². The molecule has 1 fully saturated rings. The van der Waals surface area contributed by atoms with E-state index in [0.717, 1.165) is 22.5 Å². The highest BCUT2D eigenvalue weighted by atomic mass is 32.2. The molecule has 1 saturated heterocycles. The summed E-state index contributed by atoms with van der Waals surface area (Å²) in [7, 11) is -0.593. The first-order chi connectivity index (χ1) is 9.32. The summed E-state index contributed by atoms with van der Waals surface area (Å²) in [5.74, 6) is -1.30. The quantitative estimate of drug-likeness (QED) is 0.856. The van der Waals surface area contributed by atoms with Gasteiger partial charge in [-0.1, -0.05) is 0 Å². The molecule has 1 heterocycles. The molecule has 1 aromatic rings. The van der Waals surface area contributed by atoms with Gasteiger partial charge in [-0.05, 0) is 36.6 Å². The Morgan fingerprint density at radius 2 is 2.00 bits per heavy atom. The zero-order chi connectivity index (χ0) is 14.9. The number of hydrogen-bond acceptors (Lipinski definition) is 2. The Kier molecular flexibility index (Phi) is 4.41. The summed E-state index contributed by atoms with van der Waals surface area (Å²) in [4.78, 5) is 0. The monoisotopic (exact) mass is 304 g/mol. The van der Waals surface area contributed by atoms with Crippen LogP contribution in [0.3, 0.4) is 0 Å². The number of piperidine rings is 1. The van der Waals surface area contributed by atoms with Crippen LogP contribution < -0.4 is 0 Å². The minimum absolute atomic E-state index is 0.181. The normalized spacial score (nSPS) is 21.4. The van der Waals surface area contributed by atoms with Crippen LogP contribution in [0.2, 0.25) is 0 Å². The van der Waals surface area contributed by atoms with E-state index in [1.807, 2.05) is 0 Å². The van der Waals surface area contributed by atoms with Gasteiger partial charge in [-0.2, -0.15) is 17.0 Å². The lowest BCUT2D eigenvalue weighted by atomic mass is 9.91. The SMILES string of the molecule is CN(C)S(=O)(=O)N1CCCC(c2cc(F)ccc2F)C1. The maximum atomic E-state index is 13.8. The second-order valence-corrected chi connectivity index (χ2v) is 7.30. The van der Waals surface area contributed by atoms with E-state index in [0.29, 0.717) is 19.4 Å². The van der Waals surface area contributed by atoms with Gasteiger partial charge >= 0.3 is 0 Å². The van der Waals surface area contributed by atoms with E-state index in [2.05, 4.69) is 0 Å². The van der Waals surface area contributed by atoms with Crippen molar-refractivity contribution < 1.29 is 17.2 Å². The Hall–Kier alpha value is -1.05. The van der Waals surface area contributed by atoms with Gasteiger partial charge in [0.1, 0.15) is 11.6 Å². The van der Waals surface area contributed by atoms with Gasteiger partial charge in [-0.3, -0.25) is 0 Å². The Balaban J connectivity index is 2.25. The second-order valence-electron chi connectivity index (χ2n) is 5.15. The fraction of sp³-hybridized carbons (Fsp3) is 0.538. The molecule has 0 bridgehead atoms. The van der Waals surface area contributed by atoms with Gasteiger partial charge in [0.2, 0.25) is 0 Å². The predicted octanol–water partition coefficient (Wildman–Crippen LogP) is 1.95. The fourth-order valence-corrected chi connectivity index (χ4v) is 3.65. The number of rotatable bonds is 3. The molecule has 0 amide bonds. The summed E-state index contributed by atoms with van der Waals surface area (Å²) < 4.78 is 53.7. The van der Waals surface area contributed by atoms with Crippen molar-refractivity contribution in [3.63, 3.8) is 0 Å². The first-order valence-electron chi connectivity index (χ1n) is 6.45. The summed E-state index contributed by atoms with van der Waals surface area (Å²) in [6.07, 6.45) is 1.29. The molecule has 1 aromatic carbocycles. The Morgan fingerprint density at radius 1 is 1.30 bits per heavy atom. The van der Waals surface area contributed by atoms with E-state index in [9.17, 15) is 17.2 Å². The average Bonchev–Trinajstić information content (AvgIpc) is 2.41. The zero-order valence-electron chi connectivity index (χ0n) is 11.5.